The van der Waals surface area contributed by atoms with Crippen LogP contribution in [-0.4, -0.2) is 59.7 Å². The lowest BCUT2D eigenvalue weighted by molar-refractivity contribution is -0.139. The van der Waals surface area contributed by atoms with Gasteiger partial charge in [0, 0.05) is 0 Å². The van der Waals surface area contributed by atoms with Crippen molar-refractivity contribution in [3.8, 4) is 11.5 Å². The van der Waals surface area contributed by atoms with Gasteiger partial charge in [0.1, 0.15) is 36.4 Å². The van der Waals surface area contributed by atoms with E-state index in [2.05, 4.69) is 14.6 Å². The van der Waals surface area contributed by atoms with E-state index in [0.717, 1.165) is 11.1 Å². The molecule has 0 unspecified atom stereocenters. The summed E-state index contributed by atoms with van der Waals surface area (Å²) < 4.78 is 51.7. The fourth-order valence-corrected chi connectivity index (χ4v) is 5.85. The summed E-state index contributed by atoms with van der Waals surface area (Å²) in [6.45, 7) is 3.71. The minimum atomic E-state index is -3.90. The molecule has 4 rings (SSSR count). The zero-order valence-corrected chi connectivity index (χ0v) is 27.1. The molecule has 0 aromatic heterocycles. The summed E-state index contributed by atoms with van der Waals surface area (Å²) in [4.78, 5) is 17.4. The van der Waals surface area contributed by atoms with Gasteiger partial charge in [0.2, 0.25) is 10.0 Å². The van der Waals surface area contributed by atoms with Crippen molar-refractivity contribution < 1.29 is 37.0 Å². The highest BCUT2D eigenvalue weighted by Crippen LogP contribution is 2.29. The molecule has 5 atom stereocenters. The first kappa shape index (κ1) is 34.4. The van der Waals surface area contributed by atoms with Crippen LogP contribution < -0.4 is 14.2 Å². The van der Waals surface area contributed by atoms with Gasteiger partial charge in [-0.15, -0.1) is 0 Å². The van der Waals surface area contributed by atoms with Crippen LogP contribution in [0.1, 0.15) is 30.6 Å². The first-order valence-corrected chi connectivity index (χ1v) is 16.3. The lowest BCUT2D eigenvalue weighted by Gasteiger charge is -2.32. The summed E-state index contributed by atoms with van der Waals surface area (Å²) >= 11 is 0. The van der Waals surface area contributed by atoms with E-state index in [9.17, 15) is 13.2 Å². The Labute approximate surface area is 270 Å². The molecule has 11 heteroatoms. The molecule has 0 spiro atoms. The lowest BCUT2D eigenvalue weighted by Crippen LogP contribution is -2.41. The second-order valence-corrected chi connectivity index (χ2v) is 12.4. The molecule has 3 aromatic rings. The Bertz CT molecular complexity index is 1590. The van der Waals surface area contributed by atoms with E-state index in [4.69, 9.17) is 19.0 Å². The molecule has 1 aliphatic rings. The molecular weight excluding hydrogens is 608 g/mol. The third kappa shape index (κ3) is 10.0. The predicted molar refractivity (Wildman–Crippen MR) is 175 cm³/mol. The molecule has 0 saturated carbocycles. The molecule has 1 aliphatic heterocycles. The van der Waals surface area contributed by atoms with Crippen molar-refractivity contribution in [2.24, 2.45) is 11.1 Å². The Kier molecular flexibility index (Phi) is 12.5. The van der Waals surface area contributed by atoms with Crippen LogP contribution >= 0.6 is 0 Å². The van der Waals surface area contributed by atoms with Crippen molar-refractivity contribution in [2.45, 2.75) is 49.5 Å². The number of nitrogens with zero attached hydrogens (tertiary/aromatic N) is 1. The molecule has 0 fully saturated rings. The van der Waals surface area contributed by atoms with Crippen LogP contribution in [-0.2, 0) is 29.1 Å². The summed E-state index contributed by atoms with van der Waals surface area (Å²) in [6, 6.07) is 22.8. The quantitative estimate of drug-likeness (QED) is 0.0986. The Balaban J connectivity index is 1.49. The molecule has 0 saturated heterocycles. The van der Waals surface area contributed by atoms with Crippen molar-refractivity contribution in [3.63, 3.8) is 0 Å². The topological polar surface area (TPSA) is 122 Å². The summed E-state index contributed by atoms with van der Waals surface area (Å²) in [6.07, 6.45) is 7.34. The number of aryl methyl sites for hydroxylation is 1. The van der Waals surface area contributed by atoms with Crippen molar-refractivity contribution in [1.29, 1.82) is 0 Å². The van der Waals surface area contributed by atoms with E-state index in [0.29, 0.717) is 11.5 Å². The number of esters is 1. The molecule has 10 nitrogen and oxygen atoms in total. The molecule has 0 aliphatic carbocycles. The lowest BCUT2D eigenvalue weighted by atomic mass is 10.0. The molecular formula is C35H40N2O8S. The zero-order valence-electron chi connectivity index (χ0n) is 26.3. The maximum atomic E-state index is 13.2. The highest BCUT2D eigenvalue weighted by molar-refractivity contribution is 7.89. The fourth-order valence-electron chi connectivity index (χ4n) is 4.58. The first-order chi connectivity index (χ1) is 22.2. The van der Waals surface area contributed by atoms with Gasteiger partial charge in [-0.05, 0) is 60.9 Å². The van der Waals surface area contributed by atoms with E-state index < -0.39 is 34.2 Å². The van der Waals surface area contributed by atoms with Crippen molar-refractivity contribution in [3.05, 3.63) is 114 Å². The van der Waals surface area contributed by atoms with Crippen LogP contribution in [0, 0.1) is 12.8 Å². The average Bonchev–Trinajstić information content (AvgIpc) is 3.07. The molecule has 1 heterocycles. The van der Waals surface area contributed by atoms with Gasteiger partial charge in [-0.25, -0.2) is 13.1 Å². The van der Waals surface area contributed by atoms with E-state index in [1.165, 1.54) is 13.3 Å². The number of carbonyl (C=O) groups excluding carboxylic acids is 1. The number of carbonyl (C=O) groups is 1. The van der Waals surface area contributed by atoms with Crippen molar-refractivity contribution in [1.82, 2.24) is 4.72 Å². The number of ether oxygens (including phenoxy) is 4. The Morgan fingerprint density at radius 3 is 2.35 bits per heavy atom. The molecule has 0 amide bonds. The largest absolute Gasteiger partial charge is 0.497 e. The van der Waals surface area contributed by atoms with Gasteiger partial charge < -0.3 is 23.8 Å². The van der Waals surface area contributed by atoms with Crippen LogP contribution in [0.5, 0.6) is 11.5 Å². The SMILES string of the molecule is COC(=O)CC=C[C@@H](C)[C@@H](C=NOC[C@H]1O[C@H](c2ccccc2)C=C[C@@H]1Oc1ccc(OC)cc1)NS(=O)(=O)c1ccc(C)cc1. The third-order valence-corrected chi connectivity index (χ3v) is 8.77. The second kappa shape index (κ2) is 16.7. The standard InChI is InChI=1S/C35H40N2O8S/c1-25-13-19-30(20-14-25)46(39,40)37-31(26(2)9-8-12-35(38)42-4)23-36-43-24-34-33(44-29-17-15-28(41-3)16-18-29)22-21-32(45-34)27-10-6-5-7-11-27/h5-11,13-23,26,31-34,37H,12,24H2,1-4H3/t26-,31-,32+,33+,34-/m1/s1. The third-order valence-electron chi connectivity index (χ3n) is 7.30. The smallest absolute Gasteiger partial charge is 0.309 e. The van der Waals surface area contributed by atoms with Crippen LogP contribution in [0.3, 0.4) is 0 Å². The van der Waals surface area contributed by atoms with E-state index >= 15 is 0 Å². The molecule has 0 bridgehead atoms. The van der Waals surface area contributed by atoms with Gasteiger partial charge in [0.25, 0.3) is 0 Å². The molecule has 3 aromatic carbocycles. The van der Waals surface area contributed by atoms with E-state index in [1.807, 2.05) is 73.7 Å². The van der Waals surface area contributed by atoms with Crippen molar-refractivity contribution in [2.75, 3.05) is 20.8 Å². The minimum absolute atomic E-state index is 0.0228. The second-order valence-electron chi connectivity index (χ2n) is 10.7. The van der Waals surface area contributed by atoms with Crippen LogP contribution in [0.15, 0.2) is 113 Å². The van der Waals surface area contributed by atoms with Gasteiger partial charge in [-0.3, -0.25) is 4.79 Å². The Morgan fingerprint density at radius 1 is 0.978 bits per heavy atom. The Hall–Kier alpha value is -4.45. The van der Waals surface area contributed by atoms with Crippen LogP contribution in [0.25, 0.3) is 0 Å². The number of methoxy groups -OCH3 is 2. The molecule has 1 N–H and O–H groups in total. The van der Waals surface area contributed by atoms with Gasteiger partial charge in [-0.2, -0.15) is 0 Å². The van der Waals surface area contributed by atoms with Crippen molar-refractivity contribution >= 4 is 22.2 Å². The summed E-state index contributed by atoms with van der Waals surface area (Å²) in [5.41, 5.74) is 1.92. The molecule has 46 heavy (non-hydrogen) atoms. The predicted octanol–water partition coefficient (Wildman–Crippen LogP) is 5.55. The van der Waals surface area contributed by atoms with Crippen LogP contribution in [0.2, 0.25) is 0 Å². The normalized spacial score (nSPS) is 19.5. The number of hydrogen-bond donors (Lipinski definition) is 1. The molecule has 244 valence electrons. The molecule has 0 radical (unpaired) electrons. The number of rotatable bonds is 15. The van der Waals surface area contributed by atoms with E-state index in [-0.39, 0.29) is 29.9 Å². The highest BCUT2D eigenvalue weighted by Gasteiger charge is 2.31. The number of benzene rings is 3. The average molecular weight is 649 g/mol. The number of hydrogen-bond acceptors (Lipinski definition) is 9. The van der Waals surface area contributed by atoms with Gasteiger partial charge in [-0.1, -0.05) is 78.3 Å². The number of nitrogens with one attached hydrogen (secondary N) is 1. The van der Waals surface area contributed by atoms with Gasteiger partial charge >= 0.3 is 5.97 Å². The maximum Gasteiger partial charge on any atom is 0.309 e. The number of sulfonamides is 1. The minimum Gasteiger partial charge on any atom is -0.497 e. The van der Waals surface area contributed by atoms with E-state index in [1.54, 1.807) is 50.5 Å². The number of oxime groups is 1. The zero-order chi connectivity index (χ0) is 32.9. The van der Waals surface area contributed by atoms with Gasteiger partial charge in [0.15, 0.2) is 0 Å². The fraction of sp³-hybridized carbons (Fsp3) is 0.314. The monoisotopic (exact) mass is 648 g/mol. The summed E-state index contributed by atoms with van der Waals surface area (Å²) in [5.74, 6) is 0.547. The highest BCUT2D eigenvalue weighted by atomic mass is 32.2. The van der Waals surface area contributed by atoms with Gasteiger partial charge in [0.05, 0.1) is 37.8 Å². The summed E-state index contributed by atoms with van der Waals surface area (Å²) in [5, 5.41) is 4.15. The Morgan fingerprint density at radius 2 is 1.67 bits per heavy atom. The summed E-state index contributed by atoms with van der Waals surface area (Å²) in [7, 11) is -0.988. The first-order valence-electron chi connectivity index (χ1n) is 14.9. The maximum absolute atomic E-state index is 13.2. The van der Waals surface area contributed by atoms with Crippen LogP contribution in [0.4, 0.5) is 0 Å².